The molecule has 135 heavy (non-hydrogen) atoms. The van der Waals surface area contributed by atoms with Crippen LogP contribution in [0.4, 0.5) is 11.4 Å². The topological polar surface area (TPSA) is 261 Å². The maximum Gasteiger partial charge on any atom is 0.140 e. The SMILES string of the molecule is Brc1ccc2[nH]cc(CCc3ccc4c(c3)c3ccccc3c3nc(-c5c[nH]c6ccc(Br)cc56)[nH]c43)c2c1.Brc1ccc2[nH]cc(CCc3ccc4c(c3)c3ccccc3c3nc(-c5c[nH]c6ccccc56)[nH]c43)c2c1.Cc1ccc2c(c1)c1cc(C)ccc1c1[nH]c(-c3c[nH]c4ccc(Br)cc34)nc21.Nc1ccc2c(c1)c1cc(N)ccc1c1[nH]c(-c3c[nH]c4ccc(Br)cc34)nc21. The molecule has 0 radical (unpaired) electrons. The first kappa shape index (κ1) is 82.1. The number of nitrogens with two attached hydrogens (primary N) is 2. The zero-order valence-corrected chi connectivity index (χ0v) is 80.5. The van der Waals surface area contributed by atoms with E-state index in [1.54, 1.807) is 0 Å². The Hall–Kier alpha value is -14.8. The number of fused-ring (bicyclic) bond motifs is 30. The molecule has 0 aliphatic rings. The van der Waals surface area contributed by atoms with Gasteiger partial charge in [-0.2, -0.15) is 0 Å². The average molecular weight is 2070 g/mol. The smallest absolute Gasteiger partial charge is 0.140 e. The van der Waals surface area contributed by atoms with Gasteiger partial charge in [0, 0.05) is 202 Å². The van der Waals surface area contributed by atoms with Crippen LogP contribution in [0.5, 0.6) is 0 Å². The Morgan fingerprint density at radius 2 is 0.496 bits per heavy atom. The molecule has 0 saturated carbocycles. The minimum atomic E-state index is 0.720. The second kappa shape index (κ2) is 32.8. The number of nitrogens with zero attached hydrogens (tertiary/aromatic N) is 4. The third-order valence-electron chi connectivity index (χ3n) is 26.9. The van der Waals surface area contributed by atoms with Crippen LogP contribution in [-0.4, -0.2) is 69.8 Å². The van der Waals surface area contributed by atoms with Gasteiger partial charge in [-0.15, -0.1) is 0 Å². The van der Waals surface area contributed by atoms with E-state index >= 15 is 0 Å². The molecule has 0 bridgehead atoms. The highest BCUT2D eigenvalue weighted by atomic mass is 79.9. The van der Waals surface area contributed by atoms with Gasteiger partial charge in [0.05, 0.1) is 44.1 Å². The fourth-order valence-electron chi connectivity index (χ4n) is 20.4. The summed E-state index contributed by atoms with van der Waals surface area (Å²) in [7, 11) is 0. The normalized spacial score (nSPS) is 12.0. The number of hydrogen-bond acceptors (Lipinski definition) is 6. The average Bonchev–Trinajstić information content (AvgIpc) is 1.55. The third kappa shape index (κ3) is 14.4. The number of nitrogens with one attached hydrogen (secondary N) is 10. The monoisotopic (exact) mass is 2070 g/mol. The molecule has 0 aliphatic heterocycles. The Labute approximate surface area is 811 Å². The van der Waals surface area contributed by atoms with Crippen molar-refractivity contribution in [3.05, 3.63) is 366 Å². The van der Waals surface area contributed by atoms with E-state index < -0.39 is 0 Å². The number of para-hydroxylation sites is 1. The fraction of sp³-hybridized carbons (Fsp3) is 0.0526. The lowest BCUT2D eigenvalue weighted by molar-refractivity contribution is 0.970. The van der Waals surface area contributed by atoms with Gasteiger partial charge < -0.3 is 61.3 Å². The molecule has 10 heterocycles. The van der Waals surface area contributed by atoms with Crippen molar-refractivity contribution in [1.82, 2.24) is 69.8 Å². The van der Waals surface area contributed by atoms with Crippen LogP contribution in [0, 0.1) is 13.8 Å². The van der Waals surface area contributed by atoms with Crippen LogP contribution in [0.15, 0.2) is 333 Å². The molecule has 0 amide bonds. The minimum absolute atomic E-state index is 0.720. The molecule has 18 aromatic carbocycles. The predicted octanol–water partition coefficient (Wildman–Crippen LogP) is 32.2. The van der Waals surface area contributed by atoms with E-state index in [1.807, 2.05) is 73.3 Å². The highest BCUT2D eigenvalue weighted by Crippen LogP contribution is 2.45. The zero-order valence-electron chi connectivity index (χ0n) is 72.6. The van der Waals surface area contributed by atoms with E-state index in [9.17, 15) is 0 Å². The van der Waals surface area contributed by atoms with Gasteiger partial charge in [-0.05, 0) is 226 Å². The van der Waals surface area contributed by atoms with Crippen LogP contribution in [0.2, 0.25) is 0 Å². The lowest BCUT2D eigenvalue weighted by Gasteiger charge is -2.09. The Balaban J connectivity index is 0.0000000969. The number of benzene rings is 18. The van der Waals surface area contributed by atoms with Crippen LogP contribution in [0.1, 0.15) is 33.4 Å². The zero-order chi connectivity index (χ0) is 90.7. The number of rotatable bonds is 10. The summed E-state index contributed by atoms with van der Waals surface area (Å²) in [4.78, 5) is 55.2. The maximum atomic E-state index is 6.09. The number of hydrogen-bond donors (Lipinski definition) is 12. The second-order valence-corrected chi connectivity index (χ2v) is 39.8. The highest BCUT2D eigenvalue weighted by molar-refractivity contribution is 9.11. The van der Waals surface area contributed by atoms with Gasteiger partial charge in [0.15, 0.2) is 0 Å². The molecule has 16 nitrogen and oxygen atoms in total. The van der Waals surface area contributed by atoms with Gasteiger partial charge in [-0.25, -0.2) is 19.9 Å². The minimum Gasteiger partial charge on any atom is -0.399 e. The van der Waals surface area contributed by atoms with Crippen LogP contribution >= 0.6 is 79.6 Å². The van der Waals surface area contributed by atoms with Crippen LogP contribution in [0.3, 0.4) is 0 Å². The van der Waals surface area contributed by atoms with Gasteiger partial charge in [0.25, 0.3) is 0 Å². The molecule has 0 saturated heterocycles. The van der Waals surface area contributed by atoms with Crippen LogP contribution in [-0.2, 0) is 25.7 Å². The molecule has 21 heteroatoms. The summed E-state index contributed by atoms with van der Waals surface area (Å²) in [6.07, 6.45) is 16.3. The van der Waals surface area contributed by atoms with Crippen molar-refractivity contribution in [2.45, 2.75) is 39.5 Å². The molecule has 28 rings (SSSR count). The van der Waals surface area contributed by atoms with Gasteiger partial charge in [-0.1, -0.05) is 242 Å². The lowest BCUT2D eigenvalue weighted by atomic mass is 9.96. The fourth-order valence-corrected chi connectivity index (χ4v) is 22.2. The molecule has 0 aliphatic carbocycles. The summed E-state index contributed by atoms with van der Waals surface area (Å²) in [5.74, 6) is 3.48. The van der Waals surface area contributed by atoms with Gasteiger partial charge >= 0.3 is 0 Å². The second-order valence-electron chi connectivity index (χ2n) is 35.2. The molecule has 650 valence electrons. The first-order valence-electron chi connectivity index (χ1n) is 44.8. The summed E-state index contributed by atoms with van der Waals surface area (Å²) in [6.45, 7) is 4.29. The number of aromatic nitrogens is 14. The van der Waals surface area contributed by atoms with Gasteiger partial charge in [0.1, 0.15) is 23.3 Å². The Kier molecular flexibility index (Phi) is 20.0. The lowest BCUT2D eigenvalue weighted by Crippen LogP contribution is -1.91. The number of H-pyrrole nitrogens is 10. The Bertz CT molecular complexity index is 9370. The van der Waals surface area contributed by atoms with Crippen LogP contribution < -0.4 is 11.5 Å². The first-order valence-corrected chi connectivity index (χ1v) is 48.8. The summed E-state index contributed by atoms with van der Waals surface area (Å²) < 4.78 is 5.36. The van der Waals surface area contributed by atoms with Crippen molar-refractivity contribution >= 4 is 287 Å². The summed E-state index contributed by atoms with van der Waals surface area (Å²) >= 11 is 18.0. The number of imidazole rings is 4. The van der Waals surface area contributed by atoms with E-state index in [4.69, 9.17) is 31.4 Å². The van der Waals surface area contributed by atoms with E-state index in [1.165, 1.54) is 125 Å². The number of aromatic amines is 10. The van der Waals surface area contributed by atoms with E-state index in [-0.39, 0.29) is 0 Å². The Morgan fingerprint density at radius 3 is 0.896 bits per heavy atom. The standard InChI is InChI=1S/C33H22Br2N4.C33H23BrN4.C25H18BrN3.C23H16BrN5/c34-20-8-11-29-25(14-20)19(16-36-29)7-5-18-6-10-24-26(13-18)22-3-1-2-4-23(22)31-32(24)39-33(38-31)28-17-37-30-12-9-21(35)15-27(28)30;34-21-12-14-30-26(16-21)20(17-35-30)11-9-19-10-13-25-27(15-19)22-5-1-2-7-24(22)31-32(25)38-33(37-31)28-18-36-29-8-4-3-6-23(28)29;1-13-3-6-16-18(9-13)19-10-14(2)4-7-17(19)24-23(16)28-25(29-24)21-12-27-22-8-5-15(26)11-20(21)22;24-11-1-6-20-18(7-11)19(10-27-20)23-28-21-14-4-2-12(25)8-16(14)17-9-13(26)3-5-15(17)22(21)29-23/h1-4,6,8-17,36-37H,5,7H2,(H,38,39);1-8,10,12-18,35-36H,9,11H2,(H,37,38);3-12,27H,1-2H3,(H,28,29);1-10,27H,25-26H2,(H,28,29). The Morgan fingerprint density at radius 1 is 0.222 bits per heavy atom. The molecule has 0 atom stereocenters. The van der Waals surface area contributed by atoms with Crippen molar-refractivity contribution in [3.8, 4) is 45.6 Å². The first-order chi connectivity index (χ1) is 66.0. The van der Waals surface area contributed by atoms with Crippen LogP contribution in [0.25, 0.3) is 241 Å². The van der Waals surface area contributed by atoms with Crippen molar-refractivity contribution < 1.29 is 0 Å². The van der Waals surface area contributed by atoms with Crippen molar-refractivity contribution in [3.63, 3.8) is 0 Å². The summed E-state index contributed by atoms with van der Waals surface area (Å²) in [6, 6.07) is 96.2. The molecular weight excluding hydrogens is 1990 g/mol. The third-order valence-corrected chi connectivity index (χ3v) is 29.4. The summed E-state index contributed by atoms with van der Waals surface area (Å²) in [5, 5.41) is 26.1. The quantitative estimate of drug-likeness (QED) is 0.0468. The van der Waals surface area contributed by atoms with Crippen molar-refractivity contribution in [1.29, 1.82) is 0 Å². The summed E-state index contributed by atoms with van der Waals surface area (Å²) in [5.41, 5.74) is 40.8. The number of anilines is 2. The predicted molar refractivity (Wildman–Crippen MR) is 582 cm³/mol. The highest BCUT2D eigenvalue weighted by Gasteiger charge is 2.24. The molecule has 14 N–H and O–H groups in total. The molecule has 28 aromatic rings. The number of aryl methyl sites for hydroxylation is 6. The van der Waals surface area contributed by atoms with Gasteiger partial charge in [-0.3, -0.25) is 0 Å². The van der Waals surface area contributed by atoms with Crippen molar-refractivity contribution in [2.24, 2.45) is 0 Å². The van der Waals surface area contributed by atoms with E-state index in [0.29, 0.717) is 0 Å². The molecule has 10 aromatic heterocycles. The molecule has 0 spiro atoms. The molecular formula is C114H79Br5N16. The molecule has 0 fully saturated rings. The number of halogens is 5. The van der Waals surface area contributed by atoms with E-state index in [2.05, 4.69) is 380 Å². The largest absolute Gasteiger partial charge is 0.399 e. The van der Waals surface area contributed by atoms with Crippen molar-refractivity contribution in [2.75, 3.05) is 11.5 Å². The molecule has 0 unspecified atom stereocenters. The maximum absolute atomic E-state index is 6.09. The van der Waals surface area contributed by atoms with E-state index in [0.717, 1.165) is 209 Å². The van der Waals surface area contributed by atoms with Gasteiger partial charge in [0.2, 0.25) is 0 Å². The number of nitrogen functional groups attached to an aromatic ring is 2.